The summed E-state index contributed by atoms with van der Waals surface area (Å²) in [7, 11) is 0. The highest BCUT2D eigenvalue weighted by molar-refractivity contribution is 5.93. The smallest absolute Gasteiger partial charge is 0.366 e. The third-order valence-corrected chi connectivity index (χ3v) is 5.90. The monoisotopic (exact) mass is 403 g/mol. The van der Waals surface area contributed by atoms with Gasteiger partial charge >= 0.3 is 6.18 Å². The van der Waals surface area contributed by atoms with E-state index in [1.807, 2.05) is 0 Å². The fourth-order valence-electron chi connectivity index (χ4n) is 4.44. The molecule has 2 aromatic rings. The number of nitrogens with one attached hydrogen (secondary N) is 1. The van der Waals surface area contributed by atoms with Gasteiger partial charge in [-0.15, -0.1) is 0 Å². The fraction of sp³-hybridized carbons (Fsp3) is 0.409. The van der Waals surface area contributed by atoms with Crippen LogP contribution in [0.2, 0.25) is 0 Å². The highest BCUT2D eigenvalue weighted by atomic mass is 19.4. The van der Waals surface area contributed by atoms with Crippen LogP contribution in [0.4, 0.5) is 13.2 Å². The minimum atomic E-state index is -4.40. The minimum Gasteiger partial charge on any atom is -0.366 e. The molecule has 0 aromatic heterocycles. The van der Waals surface area contributed by atoms with Gasteiger partial charge in [-0.25, -0.2) is 0 Å². The molecule has 2 aromatic carbocycles. The van der Waals surface area contributed by atoms with Crippen LogP contribution < -0.4 is 11.1 Å². The fourth-order valence-corrected chi connectivity index (χ4v) is 4.44. The Kier molecular flexibility index (Phi) is 5.36. The number of carbonyl (C=O) groups excluding carboxylic acids is 1. The first kappa shape index (κ1) is 19.9. The van der Waals surface area contributed by atoms with Crippen molar-refractivity contribution in [1.29, 1.82) is 0 Å². The summed E-state index contributed by atoms with van der Waals surface area (Å²) in [6, 6.07) is 10.6. The Hall–Kier alpha value is -2.38. The lowest BCUT2D eigenvalue weighted by molar-refractivity contribution is -0.157. The summed E-state index contributed by atoms with van der Waals surface area (Å²) in [6.07, 6.45) is -2.05. The molecule has 1 amide bonds. The van der Waals surface area contributed by atoms with E-state index in [1.54, 1.807) is 36.4 Å². The molecule has 0 aliphatic carbocycles. The maximum atomic E-state index is 14.1. The number of rotatable bonds is 5. The maximum absolute atomic E-state index is 14.1. The average molecular weight is 403 g/mol. The molecule has 1 saturated heterocycles. The standard InChI is InChI=1S/C22H24F3N3O/c23-22(24,25)19(15-5-3-14(4-6-15)13-28-9-1-2-10-28)20-18-8-7-16(21(26)29)11-17(18)12-27-20/h3-8,11,19-20,27H,1-2,9-10,12-13H2,(H2,26,29)/t19-,20?/m1/s1. The number of halogens is 3. The number of hydrogen-bond acceptors (Lipinski definition) is 3. The van der Waals surface area contributed by atoms with Crippen molar-refractivity contribution >= 4 is 5.91 Å². The Bertz CT molecular complexity index is 889. The molecule has 4 nitrogen and oxygen atoms in total. The second-order valence-corrected chi connectivity index (χ2v) is 7.88. The van der Waals surface area contributed by atoms with Crippen molar-refractivity contribution in [3.8, 4) is 0 Å². The van der Waals surface area contributed by atoms with Crippen LogP contribution >= 0.6 is 0 Å². The second-order valence-electron chi connectivity index (χ2n) is 7.88. The number of nitrogens with zero attached hydrogens (tertiary/aromatic N) is 1. The molecule has 4 rings (SSSR count). The molecule has 0 radical (unpaired) electrons. The summed E-state index contributed by atoms with van der Waals surface area (Å²) in [5.41, 5.74) is 8.13. The molecule has 2 atom stereocenters. The summed E-state index contributed by atoms with van der Waals surface area (Å²) < 4.78 is 42.2. The van der Waals surface area contributed by atoms with E-state index in [4.69, 9.17) is 5.73 Å². The molecule has 2 heterocycles. The Morgan fingerprint density at radius 2 is 1.83 bits per heavy atom. The van der Waals surface area contributed by atoms with Crippen molar-refractivity contribution in [2.24, 2.45) is 5.73 Å². The number of fused-ring (bicyclic) bond motifs is 1. The van der Waals surface area contributed by atoms with Gasteiger partial charge in [0.15, 0.2) is 0 Å². The van der Waals surface area contributed by atoms with E-state index in [0.717, 1.165) is 25.2 Å². The minimum absolute atomic E-state index is 0.243. The van der Waals surface area contributed by atoms with Crippen LogP contribution in [-0.4, -0.2) is 30.1 Å². The van der Waals surface area contributed by atoms with Crippen molar-refractivity contribution in [3.63, 3.8) is 0 Å². The molecule has 2 aliphatic heterocycles. The van der Waals surface area contributed by atoms with Gasteiger partial charge in [-0.2, -0.15) is 13.2 Å². The zero-order valence-corrected chi connectivity index (χ0v) is 16.0. The molecule has 0 saturated carbocycles. The first-order valence-electron chi connectivity index (χ1n) is 9.87. The summed E-state index contributed by atoms with van der Waals surface area (Å²) >= 11 is 0. The van der Waals surface area contributed by atoms with Gasteiger partial charge in [0.05, 0.1) is 5.92 Å². The van der Waals surface area contributed by atoms with Crippen molar-refractivity contribution in [1.82, 2.24) is 10.2 Å². The van der Waals surface area contributed by atoms with Crippen molar-refractivity contribution < 1.29 is 18.0 Å². The maximum Gasteiger partial charge on any atom is 0.397 e. The van der Waals surface area contributed by atoms with Crippen molar-refractivity contribution in [3.05, 3.63) is 70.3 Å². The van der Waals surface area contributed by atoms with E-state index in [1.165, 1.54) is 18.9 Å². The first-order chi connectivity index (χ1) is 13.8. The third-order valence-electron chi connectivity index (χ3n) is 5.90. The van der Waals surface area contributed by atoms with Gasteiger partial charge in [0.25, 0.3) is 0 Å². The number of hydrogen-bond donors (Lipinski definition) is 2. The van der Waals surface area contributed by atoms with Crippen LogP contribution in [-0.2, 0) is 13.1 Å². The van der Waals surface area contributed by atoms with Gasteiger partial charge in [0.1, 0.15) is 0 Å². The number of primary amides is 1. The molecule has 0 spiro atoms. The summed E-state index contributed by atoms with van der Waals surface area (Å²) in [6.45, 7) is 3.14. The summed E-state index contributed by atoms with van der Waals surface area (Å²) in [5.74, 6) is -2.25. The van der Waals surface area contributed by atoms with Crippen LogP contribution in [0, 0.1) is 0 Å². The number of likely N-dealkylation sites (tertiary alicyclic amines) is 1. The Morgan fingerprint density at radius 3 is 2.45 bits per heavy atom. The second kappa shape index (κ2) is 7.80. The van der Waals surface area contributed by atoms with Crippen LogP contribution in [0.25, 0.3) is 0 Å². The van der Waals surface area contributed by atoms with E-state index in [9.17, 15) is 18.0 Å². The van der Waals surface area contributed by atoms with E-state index in [0.29, 0.717) is 16.7 Å². The van der Waals surface area contributed by atoms with Gasteiger partial charge in [-0.1, -0.05) is 30.3 Å². The van der Waals surface area contributed by atoms with Crippen LogP contribution in [0.15, 0.2) is 42.5 Å². The lowest BCUT2D eigenvalue weighted by Crippen LogP contribution is -2.32. The lowest BCUT2D eigenvalue weighted by Gasteiger charge is -2.28. The largest absolute Gasteiger partial charge is 0.397 e. The molecule has 7 heteroatoms. The van der Waals surface area contributed by atoms with E-state index in [2.05, 4.69) is 10.2 Å². The molecular formula is C22H24F3N3O. The highest BCUT2D eigenvalue weighted by Gasteiger charge is 2.48. The summed E-state index contributed by atoms with van der Waals surface area (Å²) in [5, 5.41) is 2.99. The zero-order valence-electron chi connectivity index (χ0n) is 16.0. The number of benzene rings is 2. The predicted molar refractivity (Wildman–Crippen MR) is 104 cm³/mol. The van der Waals surface area contributed by atoms with Gasteiger partial charge in [0.2, 0.25) is 5.91 Å². The first-order valence-corrected chi connectivity index (χ1v) is 9.87. The molecule has 154 valence electrons. The number of alkyl halides is 3. The van der Waals surface area contributed by atoms with Crippen LogP contribution in [0.3, 0.4) is 0 Å². The Morgan fingerprint density at radius 1 is 1.14 bits per heavy atom. The van der Waals surface area contributed by atoms with Crippen LogP contribution in [0.1, 0.15) is 57.4 Å². The molecule has 1 fully saturated rings. The zero-order chi connectivity index (χ0) is 20.6. The molecule has 2 aliphatic rings. The molecular weight excluding hydrogens is 379 g/mol. The SMILES string of the molecule is NC(=O)c1ccc2c(c1)CNC2[C@@H](c1ccc(CN2CCCC2)cc1)C(F)(F)F. The number of amides is 1. The quantitative estimate of drug-likeness (QED) is 0.797. The van der Waals surface area contributed by atoms with E-state index in [-0.39, 0.29) is 12.1 Å². The normalized spacial score (nSPS) is 20.6. The number of carbonyl (C=O) groups is 1. The topological polar surface area (TPSA) is 58.4 Å². The van der Waals surface area contributed by atoms with Gasteiger partial charge in [0, 0.05) is 24.7 Å². The van der Waals surface area contributed by atoms with Gasteiger partial charge in [-0.3, -0.25) is 9.69 Å². The lowest BCUT2D eigenvalue weighted by atomic mass is 9.86. The van der Waals surface area contributed by atoms with E-state index < -0.39 is 24.0 Å². The molecule has 29 heavy (non-hydrogen) atoms. The Balaban J connectivity index is 1.60. The average Bonchev–Trinajstić information content (AvgIpc) is 3.32. The molecule has 0 bridgehead atoms. The molecule has 1 unspecified atom stereocenters. The Labute approximate surface area is 167 Å². The van der Waals surface area contributed by atoms with Gasteiger partial charge in [-0.05, 0) is 60.3 Å². The predicted octanol–water partition coefficient (Wildman–Crippen LogP) is 3.87. The van der Waals surface area contributed by atoms with E-state index >= 15 is 0 Å². The summed E-state index contributed by atoms with van der Waals surface area (Å²) in [4.78, 5) is 13.7. The third kappa shape index (κ3) is 4.16. The van der Waals surface area contributed by atoms with Crippen LogP contribution in [0.5, 0.6) is 0 Å². The van der Waals surface area contributed by atoms with Crippen molar-refractivity contribution in [2.45, 2.75) is 44.1 Å². The van der Waals surface area contributed by atoms with Gasteiger partial charge < -0.3 is 11.1 Å². The van der Waals surface area contributed by atoms with Crippen molar-refractivity contribution in [2.75, 3.05) is 13.1 Å². The highest BCUT2D eigenvalue weighted by Crippen LogP contribution is 2.46. The number of nitrogens with two attached hydrogens (primary N) is 1. The molecule has 3 N–H and O–H groups in total.